The Kier molecular flexibility index (Phi) is 4.23. The molecule has 0 spiro atoms. The zero-order valence-corrected chi connectivity index (χ0v) is 10.0. The highest BCUT2D eigenvalue weighted by Crippen LogP contribution is 2.15. The first-order chi connectivity index (χ1) is 8.29. The standard InChI is InChI=1S/C13H19N3O/c14-8-11-4-3-7-16(9-11)10-13(17)12-5-1-2-6-15-12/h1-2,5-6,11H,3-4,7-10,14H2/t11-/m1/s1. The molecule has 2 heterocycles. The number of nitrogens with two attached hydrogens (primary N) is 1. The lowest BCUT2D eigenvalue weighted by molar-refractivity contribution is 0.0884. The largest absolute Gasteiger partial charge is 0.330 e. The predicted molar refractivity (Wildman–Crippen MR) is 66.8 cm³/mol. The second-order valence-electron chi connectivity index (χ2n) is 4.62. The molecule has 1 aromatic rings. The van der Waals surface area contributed by atoms with Crippen molar-refractivity contribution >= 4 is 5.78 Å². The normalized spacial score (nSPS) is 21.4. The summed E-state index contributed by atoms with van der Waals surface area (Å²) in [6, 6.07) is 5.44. The molecule has 17 heavy (non-hydrogen) atoms. The molecule has 92 valence electrons. The SMILES string of the molecule is NC[C@H]1CCCN(CC(=O)c2ccccn2)C1. The van der Waals surface area contributed by atoms with Crippen molar-refractivity contribution in [2.24, 2.45) is 11.7 Å². The highest BCUT2D eigenvalue weighted by molar-refractivity contribution is 5.95. The van der Waals surface area contributed by atoms with Gasteiger partial charge in [-0.2, -0.15) is 0 Å². The first-order valence-corrected chi connectivity index (χ1v) is 6.16. The first kappa shape index (κ1) is 12.2. The van der Waals surface area contributed by atoms with E-state index in [2.05, 4.69) is 9.88 Å². The molecule has 4 nitrogen and oxygen atoms in total. The van der Waals surface area contributed by atoms with Crippen molar-refractivity contribution in [1.29, 1.82) is 0 Å². The molecular formula is C13H19N3O. The van der Waals surface area contributed by atoms with Crippen LogP contribution in [0.15, 0.2) is 24.4 Å². The summed E-state index contributed by atoms with van der Waals surface area (Å²) >= 11 is 0. The number of carbonyl (C=O) groups excluding carboxylic acids is 1. The molecule has 1 saturated heterocycles. The van der Waals surface area contributed by atoms with E-state index in [0.717, 1.165) is 19.5 Å². The number of likely N-dealkylation sites (tertiary alicyclic amines) is 1. The Morgan fingerprint density at radius 2 is 2.41 bits per heavy atom. The molecule has 4 heteroatoms. The summed E-state index contributed by atoms with van der Waals surface area (Å²) in [6.07, 6.45) is 3.98. The van der Waals surface area contributed by atoms with E-state index in [4.69, 9.17) is 5.73 Å². The van der Waals surface area contributed by atoms with Gasteiger partial charge < -0.3 is 5.73 Å². The predicted octanol–water partition coefficient (Wildman–Crippen LogP) is 0.935. The van der Waals surface area contributed by atoms with Gasteiger partial charge in [-0.1, -0.05) is 6.07 Å². The Morgan fingerprint density at radius 3 is 3.12 bits per heavy atom. The zero-order chi connectivity index (χ0) is 12.1. The highest BCUT2D eigenvalue weighted by atomic mass is 16.1. The van der Waals surface area contributed by atoms with Gasteiger partial charge in [-0.3, -0.25) is 14.7 Å². The van der Waals surface area contributed by atoms with Crippen LogP contribution in [0.5, 0.6) is 0 Å². The van der Waals surface area contributed by atoms with Gasteiger partial charge in [-0.25, -0.2) is 0 Å². The molecule has 2 rings (SSSR count). The van der Waals surface area contributed by atoms with Crippen molar-refractivity contribution in [3.8, 4) is 0 Å². The summed E-state index contributed by atoms with van der Waals surface area (Å²) in [4.78, 5) is 18.2. The van der Waals surface area contributed by atoms with Gasteiger partial charge in [0.1, 0.15) is 5.69 Å². The Labute approximate surface area is 102 Å². The number of nitrogens with zero attached hydrogens (tertiary/aromatic N) is 2. The molecule has 0 bridgehead atoms. The molecule has 0 aromatic carbocycles. The minimum Gasteiger partial charge on any atom is -0.330 e. The van der Waals surface area contributed by atoms with E-state index in [1.165, 1.54) is 6.42 Å². The highest BCUT2D eigenvalue weighted by Gasteiger charge is 2.21. The van der Waals surface area contributed by atoms with Crippen LogP contribution in [0.3, 0.4) is 0 Å². The van der Waals surface area contributed by atoms with E-state index in [1.54, 1.807) is 12.3 Å². The number of Topliss-reactive ketones (excluding diaryl/α,β-unsaturated/α-hetero) is 1. The van der Waals surface area contributed by atoms with Crippen LogP contribution in [0.4, 0.5) is 0 Å². The molecule has 0 amide bonds. The van der Waals surface area contributed by atoms with Crippen molar-refractivity contribution < 1.29 is 4.79 Å². The maximum absolute atomic E-state index is 12.0. The van der Waals surface area contributed by atoms with E-state index in [1.807, 2.05) is 12.1 Å². The fraction of sp³-hybridized carbons (Fsp3) is 0.538. The molecule has 1 fully saturated rings. The molecule has 1 aliphatic heterocycles. The van der Waals surface area contributed by atoms with Crippen LogP contribution in [0.2, 0.25) is 0 Å². The molecule has 1 atom stereocenters. The lowest BCUT2D eigenvalue weighted by atomic mass is 9.98. The minimum absolute atomic E-state index is 0.100. The van der Waals surface area contributed by atoms with Gasteiger partial charge >= 0.3 is 0 Å². The number of hydrogen-bond donors (Lipinski definition) is 1. The van der Waals surface area contributed by atoms with E-state index in [9.17, 15) is 4.79 Å². The number of piperidine rings is 1. The monoisotopic (exact) mass is 233 g/mol. The third kappa shape index (κ3) is 3.35. The van der Waals surface area contributed by atoms with Crippen LogP contribution in [-0.4, -0.2) is 41.8 Å². The third-order valence-corrected chi connectivity index (χ3v) is 3.25. The summed E-state index contributed by atoms with van der Waals surface area (Å²) in [6.45, 7) is 3.12. The molecule has 0 saturated carbocycles. The summed E-state index contributed by atoms with van der Waals surface area (Å²) in [5.74, 6) is 0.642. The maximum atomic E-state index is 12.0. The van der Waals surface area contributed by atoms with Crippen molar-refractivity contribution in [3.05, 3.63) is 30.1 Å². The Bertz CT molecular complexity index is 366. The molecule has 1 aromatic heterocycles. The first-order valence-electron chi connectivity index (χ1n) is 6.16. The second kappa shape index (κ2) is 5.89. The molecular weight excluding hydrogens is 214 g/mol. The molecule has 1 aliphatic rings. The van der Waals surface area contributed by atoms with Gasteiger partial charge in [0.05, 0.1) is 6.54 Å². The van der Waals surface area contributed by atoms with Crippen LogP contribution in [0, 0.1) is 5.92 Å². The van der Waals surface area contributed by atoms with Crippen molar-refractivity contribution in [1.82, 2.24) is 9.88 Å². The van der Waals surface area contributed by atoms with E-state index >= 15 is 0 Å². The Morgan fingerprint density at radius 1 is 1.53 bits per heavy atom. The average molecular weight is 233 g/mol. The minimum atomic E-state index is 0.100. The lowest BCUT2D eigenvalue weighted by Gasteiger charge is -2.31. The molecule has 0 unspecified atom stereocenters. The number of rotatable bonds is 4. The number of hydrogen-bond acceptors (Lipinski definition) is 4. The van der Waals surface area contributed by atoms with Gasteiger partial charge in [0.25, 0.3) is 0 Å². The van der Waals surface area contributed by atoms with Gasteiger partial charge in [0, 0.05) is 12.7 Å². The van der Waals surface area contributed by atoms with Gasteiger partial charge in [0.2, 0.25) is 0 Å². The van der Waals surface area contributed by atoms with Gasteiger partial charge in [-0.15, -0.1) is 0 Å². The quantitative estimate of drug-likeness (QED) is 0.786. The summed E-state index contributed by atoms with van der Waals surface area (Å²) in [5.41, 5.74) is 6.24. The van der Waals surface area contributed by atoms with Crippen LogP contribution in [0.25, 0.3) is 0 Å². The number of aromatic nitrogens is 1. The van der Waals surface area contributed by atoms with E-state index < -0.39 is 0 Å². The van der Waals surface area contributed by atoms with Crippen molar-refractivity contribution in [3.63, 3.8) is 0 Å². The number of ketones is 1. The topological polar surface area (TPSA) is 59.2 Å². The van der Waals surface area contributed by atoms with Crippen molar-refractivity contribution in [2.75, 3.05) is 26.2 Å². The number of pyridine rings is 1. The molecule has 2 N–H and O–H groups in total. The van der Waals surface area contributed by atoms with Crippen LogP contribution in [-0.2, 0) is 0 Å². The van der Waals surface area contributed by atoms with Gasteiger partial charge in [-0.05, 0) is 44.0 Å². The fourth-order valence-corrected chi connectivity index (χ4v) is 2.30. The Hall–Kier alpha value is -1.26. The third-order valence-electron chi connectivity index (χ3n) is 3.25. The smallest absolute Gasteiger partial charge is 0.195 e. The summed E-state index contributed by atoms with van der Waals surface area (Å²) in [7, 11) is 0. The maximum Gasteiger partial charge on any atom is 0.195 e. The lowest BCUT2D eigenvalue weighted by Crippen LogP contribution is -2.41. The Balaban J connectivity index is 1.90. The van der Waals surface area contributed by atoms with Crippen LogP contribution < -0.4 is 5.73 Å². The zero-order valence-electron chi connectivity index (χ0n) is 10.0. The van der Waals surface area contributed by atoms with Crippen LogP contribution in [0.1, 0.15) is 23.3 Å². The van der Waals surface area contributed by atoms with E-state index in [-0.39, 0.29) is 5.78 Å². The van der Waals surface area contributed by atoms with E-state index in [0.29, 0.717) is 24.7 Å². The summed E-state index contributed by atoms with van der Waals surface area (Å²) in [5, 5.41) is 0. The fourth-order valence-electron chi connectivity index (χ4n) is 2.30. The van der Waals surface area contributed by atoms with Gasteiger partial charge in [0.15, 0.2) is 5.78 Å². The molecule has 0 radical (unpaired) electrons. The molecule has 0 aliphatic carbocycles. The van der Waals surface area contributed by atoms with Crippen LogP contribution >= 0.6 is 0 Å². The summed E-state index contributed by atoms with van der Waals surface area (Å²) < 4.78 is 0. The number of carbonyl (C=O) groups is 1. The average Bonchev–Trinajstić information content (AvgIpc) is 2.40. The van der Waals surface area contributed by atoms with Crippen molar-refractivity contribution in [2.45, 2.75) is 12.8 Å². The second-order valence-corrected chi connectivity index (χ2v) is 4.62.